The molecular formula is C24H23ClN2O3S. The summed E-state index contributed by atoms with van der Waals surface area (Å²) in [6.45, 7) is 0.719. The molecule has 0 spiro atoms. The lowest BCUT2D eigenvalue weighted by atomic mass is 9.92. The summed E-state index contributed by atoms with van der Waals surface area (Å²) in [7, 11) is -3.79. The van der Waals surface area contributed by atoms with E-state index in [1.165, 1.54) is 16.4 Å². The first kappa shape index (κ1) is 21.6. The number of carbonyl (C=O) groups is 1. The van der Waals surface area contributed by atoms with Crippen LogP contribution in [-0.4, -0.2) is 25.2 Å². The zero-order valence-corrected chi connectivity index (χ0v) is 18.4. The second-order valence-corrected chi connectivity index (χ2v) is 9.83. The molecule has 0 aliphatic carbocycles. The summed E-state index contributed by atoms with van der Waals surface area (Å²) in [6, 6.07) is 22.9. The fraction of sp³-hybridized carbons (Fsp3) is 0.208. The topological polar surface area (TPSA) is 66.5 Å². The summed E-state index contributed by atoms with van der Waals surface area (Å²) in [5, 5.41) is 3.39. The van der Waals surface area contributed by atoms with Crippen molar-refractivity contribution in [1.29, 1.82) is 0 Å². The fourth-order valence-electron chi connectivity index (χ4n) is 3.91. The van der Waals surface area contributed by atoms with Crippen LogP contribution >= 0.6 is 11.6 Å². The molecule has 1 heterocycles. The zero-order chi connectivity index (χ0) is 21.8. The van der Waals surface area contributed by atoms with Crippen molar-refractivity contribution in [3.63, 3.8) is 0 Å². The lowest BCUT2D eigenvalue weighted by Crippen LogP contribution is -2.42. The molecule has 3 aromatic rings. The van der Waals surface area contributed by atoms with Crippen LogP contribution in [0.3, 0.4) is 0 Å². The van der Waals surface area contributed by atoms with E-state index in [-0.39, 0.29) is 17.2 Å². The Kier molecular flexibility index (Phi) is 6.41. The maximum atomic E-state index is 13.4. The van der Waals surface area contributed by atoms with Crippen LogP contribution in [0.15, 0.2) is 83.8 Å². The molecule has 1 amide bonds. The summed E-state index contributed by atoms with van der Waals surface area (Å²) in [4.78, 5) is 13.0. The normalized spacial score (nSPS) is 16.5. The Hall–Kier alpha value is -2.67. The molecule has 1 aliphatic rings. The third kappa shape index (κ3) is 4.82. The molecule has 0 bridgehead atoms. The maximum absolute atomic E-state index is 13.4. The van der Waals surface area contributed by atoms with E-state index in [4.69, 9.17) is 11.6 Å². The van der Waals surface area contributed by atoms with E-state index in [0.29, 0.717) is 24.5 Å². The number of fused-ring (bicyclic) bond motifs is 1. The molecule has 0 saturated heterocycles. The molecule has 1 aliphatic heterocycles. The van der Waals surface area contributed by atoms with Crippen molar-refractivity contribution in [3.05, 3.63) is 101 Å². The molecule has 0 saturated carbocycles. The molecule has 3 aromatic carbocycles. The lowest BCUT2D eigenvalue weighted by molar-refractivity contribution is -0.122. The molecule has 1 atom stereocenters. The van der Waals surface area contributed by atoms with Gasteiger partial charge in [-0.1, -0.05) is 66.2 Å². The first-order chi connectivity index (χ1) is 14.9. The van der Waals surface area contributed by atoms with Crippen molar-refractivity contribution in [2.45, 2.75) is 30.3 Å². The summed E-state index contributed by atoms with van der Waals surface area (Å²) in [5.41, 5.74) is 2.94. The van der Waals surface area contributed by atoms with Gasteiger partial charge in [0.05, 0.1) is 10.9 Å². The number of nitrogens with one attached hydrogen (secondary N) is 1. The molecule has 0 fully saturated rings. The number of halogens is 1. The molecule has 4 rings (SSSR count). The molecule has 1 N–H and O–H groups in total. The van der Waals surface area contributed by atoms with Gasteiger partial charge in [-0.2, -0.15) is 4.31 Å². The Morgan fingerprint density at radius 2 is 1.65 bits per heavy atom. The molecule has 7 heteroatoms. The second-order valence-electron chi connectivity index (χ2n) is 7.50. The predicted molar refractivity (Wildman–Crippen MR) is 121 cm³/mol. The van der Waals surface area contributed by atoms with Gasteiger partial charge in [0.15, 0.2) is 0 Å². The van der Waals surface area contributed by atoms with Gasteiger partial charge in [0.25, 0.3) is 0 Å². The first-order valence-electron chi connectivity index (χ1n) is 10.1. The predicted octanol–water partition coefficient (Wildman–Crippen LogP) is 4.33. The smallest absolute Gasteiger partial charge is 0.243 e. The van der Waals surface area contributed by atoms with Crippen LogP contribution in [0.5, 0.6) is 0 Å². The van der Waals surface area contributed by atoms with E-state index in [0.717, 1.165) is 16.7 Å². The molecule has 0 aromatic heterocycles. The van der Waals surface area contributed by atoms with E-state index < -0.39 is 16.1 Å². The Morgan fingerprint density at radius 1 is 0.968 bits per heavy atom. The van der Waals surface area contributed by atoms with Crippen molar-refractivity contribution < 1.29 is 13.2 Å². The maximum Gasteiger partial charge on any atom is 0.243 e. The Bertz CT molecular complexity index is 1160. The van der Waals surface area contributed by atoms with Crippen LogP contribution in [0.4, 0.5) is 0 Å². The average Bonchev–Trinajstić information content (AvgIpc) is 2.79. The minimum absolute atomic E-state index is 0.0522. The van der Waals surface area contributed by atoms with Crippen LogP contribution in [-0.2, 0) is 27.8 Å². The highest BCUT2D eigenvalue weighted by Crippen LogP contribution is 2.36. The van der Waals surface area contributed by atoms with Crippen LogP contribution in [0, 0.1) is 0 Å². The molecule has 0 unspecified atom stereocenters. The van der Waals surface area contributed by atoms with Crippen molar-refractivity contribution in [2.75, 3.05) is 6.54 Å². The highest BCUT2D eigenvalue weighted by atomic mass is 35.5. The Labute approximate surface area is 187 Å². The third-order valence-corrected chi connectivity index (χ3v) is 7.67. The summed E-state index contributed by atoms with van der Waals surface area (Å²) in [5.74, 6) is -0.193. The molecule has 31 heavy (non-hydrogen) atoms. The lowest BCUT2D eigenvalue weighted by Gasteiger charge is -2.36. The van der Waals surface area contributed by atoms with Gasteiger partial charge >= 0.3 is 0 Å². The number of carbonyl (C=O) groups excluding carboxylic acids is 1. The average molecular weight is 455 g/mol. The zero-order valence-electron chi connectivity index (χ0n) is 16.9. The van der Waals surface area contributed by atoms with Crippen molar-refractivity contribution in [3.8, 4) is 0 Å². The summed E-state index contributed by atoms with van der Waals surface area (Å²) >= 11 is 5.94. The van der Waals surface area contributed by atoms with Gasteiger partial charge in [-0.25, -0.2) is 8.42 Å². The van der Waals surface area contributed by atoms with E-state index in [1.807, 2.05) is 54.6 Å². The number of hydrogen-bond acceptors (Lipinski definition) is 3. The van der Waals surface area contributed by atoms with Crippen molar-refractivity contribution >= 4 is 27.5 Å². The first-order valence-corrected chi connectivity index (χ1v) is 11.9. The number of hydrogen-bond donors (Lipinski definition) is 1. The van der Waals surface area contributed by atoms with Crippen LogP contribution in [0.25, 0.3) is 0 Å². The highest BCUT2D eigenvalue weighted by molar-refractivity contribution is 7.89. The minimum Gasteiger partial charge on any atom is -0.352 e. The van der Waals surface area contributed by atoms with Gasteiger partial charge < -0.3 is 5.32 Å². The number of amides is 1. The van der Waals surface area contributed by atoms with Crippen LogP contribution < -0.4 is 5.32 Å². The Balaban J connectivity index is 1.60. The Morgan fingerprint density at radius 3 is 2.39 bits per heavy atom. The van der Waals surface area contributed by atoms with Gasteiger partial charge in [-0.3, -0.25) is 4.79 Å². The number of sulfonamides is 1. The monoisotopic (exact) mass is 454 g/mol. The van der Waals surface area contributed by atoms with Gasteiger partial charge in [0.2, 0.25) is 15.9 Å². The molecule has 5 nitrogen and oxygen atoms in total. The highest BCUT2D eigenvalue weighted by Gasteiger charge is 2.37. The standard InChI is InChI=1S/C24H23ClN2O3S/c25-20-10-12-21(13-11-20)31(29,30)27-15-14-19-8-4-5-9-22(19)23(27)16-24(28)26-17-18-6-2-1-3-7-18/h1-13,23H,14-17H2,(H,26,28)/t23-/m0/s1. The summed E-state index contributed by atoms with van der Waals surface area (Å²) in [6.07, 6.45) is 0.655. The number of benzene rings is 3. The largest absolute Gasteiger partial charge is 0.352 e. The molecule has 0 radical (unpaired) electrons. The van der Waals surface area contributed by atoms with Gasteiger partial charge in [-0.15, -0.1) is 0 Å². The fourth-order valence-corrected chi connectivity index (χ4v) is 5.65. The minimum atomic E-state index is -3.79. The third-order valence-electron chi connectivity index (χ3n) is 5.49. The summed E-state index contributed by atoms with van der Waals surface area (Å²) < 4.78 is 28.3. The van der Waals surface area contributed by atoms with Crippen LogP contribution in [0.2, 0.25) is 5.02 Å². The quantitative estimate of drug-likeness (QED) is 0.602. The van der Waals surface area contributed by atoms with Crippen molar-refractivity contribution in [1.82, 2.24) is 9.62 Å². The number of rotatable bonds is 6. The van der Waals surface area contributed by atoms with Gasteiger partial charge in [0.1, 0.15) is 0 Å². The molecular weight excluding hydrogens is 432 g/mol. The molecule has 160 valence electrons. The van der Waals surface area contributed by atoms with Crippen LogP contribution in [0.1, 0.15) is 29.2 Å². The van der Waals surface area contributed by atoms with E-state index in [1.54, 1.807) is 12.1 Å². The SMILES string of the molecule is O=C(C[C@H]1c2ccccc2CCN1S(=O)(=O)c1ccc(Cl)cc1)NCc1ccccc1. The number of nitrogens with zero attached hydrogens (tertiary/aromatic N) is 1. The van der Waals surface area contributed by atoms with Gasteiger partial charge in [-0.05, 0) is 47.4 Å². The van der Waals surface area contributed by atoms with E-state index in [2.05, 4.69) is 5.32 Å². The van der Waals surface area contributed by atoms with E-state index >= 15 is 0 Å². The van der Waals surface area contributed by atoms with Crippen molar-refractivity contribution in [2.24, 2.45) is 0 Å². The second kappa shape index (κ2) is 9.22. The van der Waals surface area contributed by atoms with Gasteiger partial charge in [0, 0.05) is 24.5 Å². The van der Waals surface area contributed by atoms with E-state index in [9.17, 15) is 13.2 Å².